The Morgan fingerprint density at radius 1 is 1.07 bits per heavy atom. The van der Waals surface area contributed by atoms with Crippen molar-refractivity contribution < 1.29 is 14.2 Å². The van der Waals surface area contributed by atoms with Gasteiger partial charge < -0.3 is 25.3 Å². The first-order chi connectivity index (χ1) is 13.6. The van der Waals surface area contributed by atoms with E-state index in [4.69, 9.17) is 19.9 Å². The van der Waals surface area contributed by atoms with Crippen LogP contribution in [0.3, 0.4) is 0 Å². The molecule has 144 valence electrons. The first-order valence-electron chi connectivity index (χ1n) is 8.97. The highest BCUT2D eigenvalue weighted by molar-refractivity contribution is 14.1. The average molecular weight is 488 g/mol. The number of rotatable bonds is 5. The summed E-state index contributed by atoms with van der Waals surface area (Å²) < 4.78 is 18.4. The van der Waals surface area contributed by atoms with E-state index in [1.165, 1.54) is 0 Å². The Morgan fingerprint density at radius 3 is 2.64 bits per heavy atom. The van der Waals surface area contributed by atoms with Gasteiger partial charge in [-0.15, -0.1) is 0 Å². The summed E-state index contributed by atoms with van der Waals surface area (Å²) in [5.74, 6) is 2.34. The molecule has 1 heterocycles. The third-order valence-corrected chi connectivity index (χ3v) is 5.32. The summed E-state index contributed by atoms with van der Waals surface area (Å²) in [5, 5.41) is 3.37. The van der Waals surface area contributed by atoms with Gasteiger partial charge in [-0.05, 0) is 76.2 Å². The smallest absolute Gasteiger partial charge is 0.162 e. The van der Waals surface area contributed by atoms with Crippen LogP contribution in [0.2, 0.25) is 0 Å². The molecule has 3 N–H and O–H groups in total. The van der Waals surface area contributed by atoms with E-state index in [0.717, 1.165) is 43.3 Å². The second-order valence-electron chi connectivity index (χ2n) is 6.56. The predicted octanol–water partition coefficient (Wildman–Crippen LogP) is 5.01. The number of anilines is 2. The van der Waals surface area contributed by atoms with E-state index in [1.807, 2.05) is 60.7 Å². The number of hydrogen-bond acceptors (Lipinski definition) is 5. The van der Waals surface area contributed by atoms with Crippen molar-refractivity contribution in [3.05, 3.63) is 75.4 Å². The van der Waals surface area contributed by atoms with Gasteiger partial charge in [0, 0.05) is 10.1 Å². The first kappa shape index (κ1) is 18.7. The van der Waals surface area contributed by atoms with Crippen LogP contribution in [0.1, 0.15) is 17.2 Å². The molecule has 5 nitrogen and oxygen atoms in total. The van der Waals surface area contributed by atoms with Crippen molar-refractivity contribution in [3.63, 3.8) is 0 Å². The lowest BCUT2D eigenvalue weighted by Crippen LogP contribution is -2.21. The molecule has 0 spiro atoms. The minimum Gasteiger partial charge on any atom is -0.497 e. The molecule has 0 bridgehead atoms. The standard InChI is InChI=1S/C22H21IN2O3/c1-26-17-6-3-15(4-7-17)22-13-27-21-10-14(2-9-20(21)28-22)12-25-19-8-5-16(23)11-18(19)24/h2-11,22,25H,12-13,24H2,1H3. The van der Waals surface area contributed by atoms with E-state index in [1.54, 1.807) is 7.11 Å². The molecule has 1 aliphatic rings. The molecule has 1 atom stereocenters. The molecule has 0 amide bonds. The number of methoxy groups -OCH3 is 1. The Kier molecular flexibility index (Phi) is 5.47. The third kappa shape index (κ3) is 4.11. The Bertz CT molecular complexity index is 976. The molecule has 4 rings (SSSR count). The van der Waals surface area contributed by atoms with E-state index < -0.39 is 0 Å². The summed E-state index contributed by atoms with van der Waals surface area (Å²) in [7, 11) is 1.66. The number of halogens is 1. The normalized spacial score (nSPS) is 15.1. The molecule has 0 fully saturated rings. The summed E-state index contributed by atoms with van der Waals surface area (Å²) in [5.41, 5.74) is 9.90. The molecule has 0 aliphatic carbocycles. The summed E-state index contributed by atoms with van der Waals surface area (Å²) in [6.07, 6.45) is -0.131. The van der Waals surface area contributed by atoms with Gasteiger partial charge in [0.2, 0.25) is 0 Å². The largest absolute Gasteiger partial charge is 0.497 e. The number of nitrogen functional groups attached to an aromatic ring is 1. The van der Waals surface area contributed by atoms with Crippen molar-refractivity contribution in [2.45, 2.75) is 12.6 Å². The van der Waals surface area contributed by atoms with E-state index in [2.05, 4.69) is 27.9 Å². The quantitative estimate of drug-likeness (QED) is 0.391. The second-order valence-corrected chi connectivity index (χ2v) is 7.80. The van der Waals surface area contributed by atoms with Gasteiger partial charge in [-0.2, -0.15) is 0 Å². The predicted molar refractivity (Wildman–Crippen MR) is 119 cm³/mol. The van der Waals surface area contributed by atoms with Gasteiger partial charge in [0.05, 0.1) is 18.5 Å². The minimum atomic E-state index is -0.131. The van der Waals surface area contributed by atoms with Gasteiger partial charge in [-0.25, -0.2) is 0 Å². The number of fused-ring (bicyclic) bond motifs is 1. The number of nitrogens with two attached hydrogens (primary N) is 1. The second kappa shape index (κ2) is 8.18. The topological polar surface area (TPSA) is 65.7 Å². The lowest BCUT2D eigenvalue weighted by atomic mass is 10.1. The van der Waals surface area contributed by atoms with Gasteiger partial charge in [-0.3, -0.25) is 0 Å². The molecular weight excluding hydrogens is 467 g/mol. The average Bonchev–Trinajstić information content (AvgIpc) is 2.73. The van der Waals surface area contributed by atoms with Crippen molar-refractivity contribution in [2.75, 3.05) is 24.8 Å². The maximum Gasteiger partial charge on any atom is 0.162 e. The maximum atomic E-state index is 6.13. The zero-order chi connectivity index (χ0) is 19.5. The van der Waals surface area contributed by atoms with Crippen LogP contribution < -0.4 is 25.3 Å². The molecule has 0 aromatic heterocycles. The van der Waals surface area contributed by atoms with Crippen LogP contribution in [0.15, 0.2) is 60.7 Å². The molecule has 28 heavy (non-hydrogen) atoms. The Morgan fingerprint density at radius 2 is 1.89 bits per heavy atom. The van der Waals surface area contributed by atoms with Crippen LogP contribution in [0, 0.1) is 3.57 Å². The minimum absolute atomic E-state index is 0.131. The molecule has 1 aliphatic heterocycles. The molecule has 6 heteroatoms. The number of benzene rings is 3. The van der Waals surface area contributed by atoms with Crippen molar-refractivity contribution in [1.82, 2.24) is 0 Å². The van der Waals surface area contributed by atoms with Crippen LogP contribution in [0.4, 0.5) is 11.4 Å². The Hall–Kier alpha value is -2.61. The molecule has 0 saturated carbocycles. The summed E-state index contributed by atoms with van der Waals surface area (Å²) in [6.45, 7) is 1.13. The molecule has 0 radical (unpaired) electrons. The first-order valence-corrected chi connectivity index (χ1v) is 10.1. The number of hydrogen-bond donors (Lipinski definition) is 2. The van der Waals surface area contributed by atoms with Crippen molar-refractivity contribution >= 4 is 34.0 Å². The zero-order valence-electron chi connectivity index (χ0n) is 15.4. The van der Waals surface area contributed by atoms with Crippen LogP contribution >= 0.6 is 22.6 Å². The Labute approximate surface area is 177 Å². The summed E-state index contributed by atoms with van der Waals surface area (Å²) >= 11 is 2.25. The summed E-state index contributed by atoms with van der Waals surface area (Å²) in [4.78, 5) is 0. The van der Waals surface area contributed by atoms with Gasteiger partial charge in [-0.1, -0.05) is 18.2 Å². The van der Waals surface area contributed by atoms with Crippen molar-refractivity contribution in [3.8, 4) is 17.2 Å². The van der Waals surface area contributed by atoms with E-state index in [-0.39, 0.29) is 6.10 Å². The highest BCUT2D eigenvalue weighted by Crippen LogP contribution is 2.37. The van der Waals surface area contributed by atoms with Crippen molar-refractivity contribution in [2.24, 2.45) is 0 Å². The molecule has 0 saturated heterocycles. The fourth-order valence-electron chi connectivity index (χ4n) is 3.10. The van der Waals surface area contributed by atoms with Gasteiger partial charge in [0.1, 0.15) is 12.4 Å². The van der Waals surface area contributed by atoms with E-state index in [0.29, 0.717) is 13.2 Å². The van der Waals surface area contributed by atoms with Crippen molar-refractivity contribution in [1.29, 1.82) is 0 Å². The maximum absolute atomic E-state index is 6.13. The summed E-state index contributed by atoms with van der Waals surface area (Å²) in [6, 6.07) is 19.8. The highest BCUT2D eigenvalue weighted by atomic mass is 127. The lowest BCUT2D eigenvalue weighted by Gasteiger charge is -2.27. The fraction of sp³-hybridized carbons (Fsp3) is 0.182. The molecule has 1 unspecified atom stereocenters. The molecule has 3 aromatic carbocycles. The molecular formula is C22H21IN2O3. The van der Waals surface area contributed by atoms with E-state index in [9.17, 15) is 0 Å². The van der Waals surface area contributed by atoms with Gasteiger partial charge in [0.25, 0.3) is 0 Å². The number of nitrogens with one attached hydrogen (secondary N) is 1. The van der Waals surface area contributed by atoms with Crippen LogP contribution in [0.5, 0.6) is 17.2 Å². The monoisotopic (exact) mass is 488 g/mol. The van der Waals surface area contributed by atoms with E-state index >= 15 is 0 Å². The fourth-order valence-corrected chi connectivity index (χ4v) is 3.62. The van der Waals surface area contributed by atoms with Crippen LogP contribution in [-0.2, 0) is 6.54 Å². The number of ether oxygens (including phenoxy) is 3. The SMILES string of the molecule is COc1ccc(C2COc3cc(CNc4ccc(I)cc4N)ccc3O2)cc1. The highest BCUT2D eigenvalue weighted by Gasteiger charge is 2.23. The lowest BCUT2D eigenvalue weighted by molar-refractivity contribution is 0.0911. The van der Waals surface area contributed by atoms with Gasteiger partial charge in [0.15, 0.2) is 17.6 Å². The third-order valence-electron chi connectivity index (χ3n) is 4.65. The molecule has 3 aromatic rings. The Balaban J connectivity index is 1.43. The van der Waals surface area contributed by atoms with Crippen LogP contribution in [-0.4, -0.2) is 13.7 Å². The zero-order valence-corrected chi connectivity index (χ0v) is 17.6. The van der Waals surface area contributed by atoms with Gasteiger partial charge >= 0.3 is 0 Å². The van der Waals surface area contributed by atoms with Crippen LogP contribution in [0.25, 0.3) is 0 Å².